The van der Waals surface area contributed by atoms with E-state index in [0.29, 0.717) is 38.2 Å². The predicted octanol–water partition coefficient (Wildman–Crippen LogP) is 3.38. The van der Waals surface area contributed by atoms with Crippen LogP contribution in [0.5, 0.6) is 0 Å². The Morgan fingerprint density at radius 1 is 0.941 bits per heavy atom. The summed E-state index contributed by atoms with van der Waals surface area (Å²) in [6, 6.07) is 19.6. The summed E-state index contributed by atoms with van der Waals surface area (Å²) in [7, 11) is 0. The molecule has 0 aliphatic carbocycles. The number of urea groups is 1. The smallest absolute Gasteiger partial charge is 0.314 e. The van der Waals surface area contributed by atoms with Gasteiger partial charge >= 0.3 is 6.03 Å². The number of piperidine rings is 1. The van der Waals surface area contributed by atoms with E-state index < -0.39 is 11.6 Å². The molecule has 0 bridgehead atoms. The molecule has 0 saturated carbocycles. The first-order valence-electron chi connectivity index (χ1n) is 11.4. The molecule has 2 aromatic heterocycles. The summed E-state index contributed by atoms with van der Waals surface area (Å²) < 4.78 is 1.85. The molecule has 2 aliphatic heterocycles. The molecule has 4 aromatic rings. The first-order chi connectivity index (χ1) is 16.5. The van der Waals surface area contributed by atoms with Crippen molar-refractivity contribution in [1.29, 1.82) is 0 Å². The highest BCUT2D eigenvalue weighted by molar-refractivity contribution is 5.98. The van der Waals surface area contributed by atoms with Crippen LogP contribution in [0.3, 0.4) is 0 Å². The lowest BCUT2D eigenvalue weighted by Crippen LogP contribution is -2.59. The standard InChI is InChI=1S/C26H24N6O2/c27-25(34)30-13-11-26(12-14-30)20-7-3-1-6-19(20)15-24(33)32(26)23-16-31(17-28-23)22-10-9-18-5-2-4-8-21(18)29-22/h1-10,16-17H,11-15H2,(H2,27,34). The molecule has 0 radical (unpaired) electrons. The zero-order valence-corrected chi connectivity index (χ0v) is 18.6. The number of carbonyl (C=O) groups excluding carboxylic acids is 2. The molecule has 2 N–H and O–H groups in total. The van der Waals surface area contributed by atoms with Gasteiger partial charge in [-0.15, -0.1) is 0 Å². The van der Waals surface area contributed by atoms with Crippen molar-refractivity contribution in [1.82, 2.24) is 19.4 Å². The number of nitrogens with two attached hydrogens (primary N) is 1. The third kappa shape index (κ3) is 3.14. The molecule has 8 heteroatoms. The molecule has 8 nitrogen and oxygen atoms in total. The van der Waals surface area contributed by atoms with Gasteiger partial charge in [-0.25, -0.2) is 14.8 Å². The third-order valence-corrected chi connectivity index (χ3v) is 7.09. The normalized spacial score (nSPS) is 17.2. The van der Waals surface area contributed by atoms with Crippen LogP contribution in [0, 0.1) is 0 Å². The predicted molar refractivity (Wildman–Crippen MR) is 129 cm³/mol. The molecular weight excluding hydrogens is 428 g/mol. The number of hydrogen-bond donors (Lipinski definition) is 1. The second kappa shape index (κ2) is 7.69. The van der Waals surface area contributed by atoms with Crippen LogP contribution in [-0.4, -0.2) is 44.5 Å². The Morgan fingerprint density at radius 2 is 1.71 bits per heavy atom. The first-order valence-corrected chi connectivity index (χ1v) is 11.4. The van der Waals surface area contributed by atoms with Gasteiger partial charge in [-0.1, -0.05) is 42.5 Å². The van der Waals surface area contributed by atoms with E-state index in [0.717, 1.165) is 27.8 Å². The SMILES string of the molecule is NC(=O)N1CCC2(CC1)c1ccccc1CC(=O)N2c1cn(-c2ccc3ccccc3n2)cn1. The van der Waals surface area contributed by atoms with Crippen molar-refractivity contribution >= 4 is 28.7 Å². The fraction of sp³-hybridized carbons (Fsp3) is 0.231. The van der Waals surface area contributed by atoms with Crippen molar-refractivity contribution in [2.75, 3.05) is 18.0 Å². The van der Waals surface area contributed by atoms with Crippen molar-refractivity contribution < 1.29 is 9.59 Å². The Morgan fingerprint density at radius 3 is 2.53 bits per heavy atom. The number of likely N-dealkylation sites (tertiary alicyclic amines) is 1. The van der Waals surface area contributed by atoms with E-state index in [1.165, 1.54) is 0 Å². The molecule has 3 amide bonds. The number of hydrogen-bond acceptors (Lipinski definition) is 4. The van der Waals surface area contributed by atoms with Crippen LogP contribution < -0.4 is 10.6 Å². The molecule has 0 atom stereocenters. The minimum atomic E-state index is -0.576. The van der Waals surface area contributed by atoms with Crippen LogP contribution >= 0.6 is 0 Å². The van der Waals surface area contributed by atoms with Crippen LogP contribution in [0.1, 0.15) is 24.0 Å². The Bertz CT molecular complexity index is 1420. The van der Waals surface area contributed by atoms with Crippen molar-refractivity contribution in [2.24, 2.45) is 5.73 Å². The topological polar surface area (TPSA) is 97.3 Å². The first kappa shape index (κ1) is 20.4. The number of fused-ring (bicyclic) bond motifs is 3. The number of aromatic nitrogens is 3. The van der Waals surface area contributed by atoms with Crippen molar-refractivity contribution in [3.05, 3.63) is 84.3 Å². The number of carbonyl (C=O) groups is 2. The van der Waals surface area contributed by atoms with Gasteiger partial charge < -0.3 is 10.6 Å². The number of anilines is 1. The lowest BCUT2D eigenvalue weighted by Gasteiger charge is -2.51. The highest BCUT2D eigenvalue weighted by Gasteiger charge is 2.49. The molecule has 0 unspecified atom stereocenters. The van der Waals surface area contributed by atoms with Gasteiger partial charge in [-0.2, -0.15) is 0 Å². The fourth-order valence-corrected chi connectivity index (χ4v) is 5.42. The minimum Gasteiger partial charge on any atom is -0.351 e. The van der Waals surface area contributed by atoms with E-state index >= 15 is 0 Å². The lowest BCUT2D eigenvalue weighted by atomic mass is 9.74. The Kier molecular flexibility index (Phi) is 4.62. The van der Waals surface area contributed by atoms with Gasteiger partial charge in [0.2, 0.25) is 5.91 Å². The molecule has 1 fully saturated rings. The summed E-state index contributed by atoms with van der Waals surface area (Å²) in [6.45, 7) is 0.973. The number of para-hydroxylation sites is 1. The number of rotatable bonds is 2. The summed E-state index contributed by atoms with van der Waals surface area (Å²) in [5.74, 6) is 1.32. The largest absolute Gasteiger partial charge is 0.351 e. The highest BCUT2D eigenvalue weighted by atomic mass is 16.2. The maximum absolute atomic E-state index is 13.5. The van der Waals surface area contributed by atoms with Crippen LogP contribution in [0.4, 0.5) is 10.6 Å². The van der Waals surface area contributed by atoms with Crippen molar-refractivity contribution in [2.45, 2.75) is 24.8 Å². The molecule has 2 aromatic carbocycles. The second-order valence-corrected chi connectivity index (χ2v) is 8.92. The van der Waals surface area contributed by atoms with Gasteiger partial charge in [0.15, 0.2) is 5.82 Å². The van der Waals surface area contributed by atoms with Crippen molar-refractivity contribution in [3.63, 3.8) is 0 Å². The number of amides is 3. The maximum atomic E-state index is 13.5. The third-order valence-electron chi connectivity index (χ3n) is 7.09. The molecule has 1 spiro atoms. The van der Waals surface area contributed by atoms with Gasteiger partial charge in [-0.05, 0) is 42.2 Å². The molecular formula is C26H24N6O2. The van der Waals surface area contributed by atoms with Gasteiger partial charge in [0, 0.05) is 18.5 Å². The number of imidazole rings is 1. The zero-order chi connectivity index (χ0) is 23.3. The minimum absolute atomic E-state index is 0.00273. The van der Waals surface area contributed by atoms with Gasteiger partial charge in [0.05, 0.1) is 23.7 Å². The summed E-state index contributed by atoms with van der Waals surface area (Å²) in [5, 5.41) is 1.06. The molecule has 170 valence electrons. The number of benzene rings is 2. The monoisotopic (exact) mass is 452 g/mol. The van der Waals surface area contributed by atoms with Crippen LogP contribution in [0.25, 0.3) is 16.7 Å². The Hall–Kier alpha value is -4.20. The summed E-state index contributed by atoms with van der Waals surface area (Å²) in [6.07, 6.45) is 5.08. The average Bonchev–Trinajstić information content (AvgIpc) is 3.33. The lowest BCUT2D eigenvalue weighted by molar-refractivity contribution is -0.120. The highest BCUT2D eigenvalue weighted by Crippen LogP contribution is 2.45. The van der Waals surface area contributed by atoms with E-state index in [1.807, 2.05) is 70.3 Å². The van der Waals surface area contributed by atoms with E-state index in [-0.39, 0.29) is 5.91 Å². The molecule has 1 saturated heterocycles. The number of primary amides is 1. The van der Waals surface area contributed by atoms with E-state index in [9.17, 15) is 9.59 Å². The Balaban J connectivity index is 1.42. The number of nitrogens with zero attached hydrogens (tertiary/aromatic N) is 5. The molecule has 2 aliphatic rings. The van der Waals surface area contributed by atoms with Crippen LogP contribution in [0.15, 0.2) is 73.2 Å². The van der Waals surface area contributed by atoms with E-state index in [2.05, 4.69) is 11.1 Å². The van der Waals surface area contributed by atoms with E-state index in [4.69, 9.17) is 10.7 Å². The quantitative estimate of drug-likeness (QED) is 0.504. The summed E-state index contributed by atoms with van der Waals surface area (Å²) in [5.41, 5.74) is 8.02. The average molecular weight is 453 g/mol. The van der Waals surface area contributed by atoms with Crippen molar-refractivity contribution in [3.8, 4) is 5.82 Å². The van der Waals surface area contributed by atoms with Gasteiger partial charge in [0.1, 0.15) is 12.1 Å². The summed E-state index contributed by atoms with van der Waals surface area (Å²) in [4.78, 5) is 38.2. The zero-order valence-electron chi connectivity index (χ0n) is 18.6. The fourth-order valence-electron chi connectivity index (χ4n) is 5.42. The number of pyridine rings is 1. The summed E-state index contributed by atoms with van der Waals surface area (Å²) >= 11 is 0. The van der Waals surface area contributed by atoms with Crippen LogP contribution in [-0.2, 0) is 16.8 Å². The Labute approximate surface area is 196 Å². The van der Waals surface area contributed by atoms with Crippen LogP contribution in [0.2, 0.25) is 0 Å². The van der Waals surface area contributed by atoms with E-state index in [1.54, 1.807) is 11.2 Å². The van der Waals surface area contributed by atoms with Gasteiger partial charge in [0.25, 0.3) is 0 Å². The molecule has 6 rings (SSSR count). The molecule has 34 heavy (non-hydrogen) atoms. The molecule has 4 heterocycles. The van der Waals surface area contributed by atoms with Gasteiger partial charge in [-0.3, -0.25) is 14.3 Å². The second-order valence-electron chi connectivity index (χ2n) is 8.92. The maximum Gasteiger partial charge on any atom is 0.314 e.